The number of carbonyl (C=O) groups excluding carboxylic acids is 2. The van der Waals surface area contributed by atoms with Crippen LogP contribution in [-0.2, 0) is 14.3 Å². The molecule has 0 amide bonds. The van der Waals surface area contributed by atoms with Crippen molar-refractivity contribution in [2.75, 3.05) is 6.61 Å². The molecule has 0 saturated heterocycles. The van der Waals surface area contributed by atoms with Gasteiger partial charge in [-0.05, 0) is 43.2 Å². The van der Waals surface area contributed by atoms with E-state index in [1.54, 1.807) is 6.92 Å². The molecule has 0 aromatic heterocycles. The van der Waals surface area contributed by atoms with Crippen molar-refractivity contribution < 1.29 is 24.2 Å². The summed E-state index contributed by atoms with van der Waals surface area (Å²) in [5, 5.41) is 7.70. The number of carbonyl (C=O) groups is 3. The van der Waals surface area contributed by atoms with Crippen LogP contribution in [0.2, 0.25) is 0 Å². The van der Waals surface area contributed by atoms with Gasteiger partial charge in [0.05, 0.1) is 12.2 Å². The Morgan fingerprint density at radius 1 is 1.38 bits per heavy atom. The van der Waals surface area contributed by atoms with Crippen molar-refractivity contribution in [3.05, 3.63) is 41.0 Å². The Labute approximate surface area is 127 Å². The van der Waals surface area contributed by atoms with Gasteiger partial charge in [-0.15, -0.1) is 11.6 Å². The molecule has 1 rings (SSSR count). The highest BCUT2D eigenvalue weighted by Gasteiger charge is 2.19. The second-order valence-corrected chi connectivity index (χ2v) is 4.65. The normalized spacial score (nSPS) is 12.1. The van der Waals surface area contributed by atoms with E-state index in [0.717, 1.165) is 6.08 Å². The number of carboxylic acids is 1. The zero-order valence-electron chi connectivity index (χ0n) is 11.6. The first kappa shape index (κ1) is 16.9. The number of esters is 1. The predicted molar refractivity (Wildman–Crippen MR) is 78.3 cm³/mol. The van der Waals surface area contributed by atoms with Crippen molar-refractivity contribution in [1.82, 2.24) is 0 Å². The minimum absolute atomic E-state index is 0.228. The lowest BCUT2D eigenvalue weighted by molar-refractivity contribution is -0.131. The highest BCUT2D eigenvalue weighted by Crippen LogP contribution is 2.27. The van der Waals surface area contributed by atoms with E-state index in [4.69, 9.17) is 21.4 Å². The summed E-state index contributed by atoms with van der Waals surface area (Å²) in [5.74, 6) is -1.95. The molecule has 0 saturated carbocycles. The molecule has 0 fully saturated rings. The molecular formula is C15H15ClO5. The lowest BCUT2D eigenvalue weighted by atomic mass is 9.99. The molecule has 6 heteroatoms. The summed E-state index contributed by atoms with van der Waals surface area (Å²) in [6.45, 7) is 3.23. The number of hydrogen-bond donors (Lipinski definition) is 1. The number of halogens is 1. The maximum Gasteiger partial charge on any atom is 0.338 e. The van der Waals surface area contributed by atoms with E-state index in [9.17, 15) is 14.4 Å². The van der Waals surface area contributed by atoms with Crippen molar-refractivity contribution in [3.8, 4) is 0 Å². The average molecular weight is 311 g/mol. The standard InChI is InChI=1S/C15H15ClO5/c1-3-21-15(20)11-5-4-10(6-7-13(18)19)12(8-11)14(16)9(2)17/h4-8,14H,3H2,1-2H3,(H,18,19)/b7-6+. The number of hydrogen-bond acceptors (Lipinski definition) is 4. The van der Waals surface area contributed by atoms with Crippen LogP contribution in [0.1, 0.15) is 40.7 Å². The quantitative estimate of drug-likeness (QED) is 0.496. The van der Waals surface area contributed by atoms with Crippen LogP contribution in [0, 0.1) is 0 Å². The molecular weight excluding hydrogens is 296 g/mol. The Balaban J connectivity index is 3.29. The summed E-state index contributed by atoms with van der Waals surface area (Å²) in [4.78, 5) is 33.7. The van der Waals surface area contributed by atoms with Gasteiger partial charge in [0.1, 0.15) is 5.38 Å². The zero-order chi connectivity index (χ0) is 16.0. The summed E-state index contributed by atoms with van der Waals surface area (Å²) in [5.41, 5.74) is 1.08. The number of benzene rings is 1. The van der Waals surface area contributed by atoms with Gasteiger partial charge < -0.3 is 9.84 Å². The molecule has 0 spiro atoms. The molecule has 0 heterocycles. The summed E-state index contributed by atoms with van der Waals surface area (Å²) in [7, 11) is 0. The average Bonchev–Trinajstić information content (AvgIpc) is 2.44. The van der Waals surface area contributed by atoms with Crippen LogP contribution < -0.4 is 0 Å². The van der Waals surface area contributed by atoms with E-state index in [1.807, 2.05) is 0 Å². The van der Waals surface area contributed by atoms with Gasteiger partial charge in [-0.2, -0.15) is 0 Å². The fourth-order valence-corrected chi connectivity index (χ4v) is 1.86. The number of ketones is 1. The SMILES string of the molecule is CCOC(=O)c1ccc(/C=C/C(=O)O)c(C(Cl)C(C)=O)c1. The van der Waals surface area contributed by atoms with Gasteiger partial charge in [0, 0.05) is 6.08 Å². The molecule has 1 aromatic rings. The molecule has 1 N–H and O–H groups in total. The van der Waals surface area contributed by atoms with E-state index in [1.165, 1.54) is 31.2 Å². The fraction of sp³-hybridized carbons (Fsp3) is 0.267. The van der Waals surface area contributed by atoms with Crippen LogP contribution in [0.15, 0.2) is 24.3 Å². The predicted octanol–water partition coefficient (Wildman–Crippen LogP) is 2.83. The maximum atomic E-state index is 11.7. The Bertz CT molecular complexity index is 592. The summed E-state index contributed by atoms with van der Waals surface area (Å²) >= 11 is 6.03. The Kier molecular flexibility index (Phi) is 6.11. The first-order valence-electron chi connectivity index (χ1n) is 6.23. The van der Waals surface area contributed by atoms with Gasteiger partial charge in [-0.3, -0.25) is 4.79 Å². The number of rotatable bonds is 6. The van der Waals surface area contributed by atoms with Crippen LogP contribution in [0.3, 0.4) is 0 Å². The summed E-state index contributed by atoms with van der Waals surface area (Å²) in [6, 6.07) is 4.46. The largest absolute Gasteiger partial charge is 0.478 e. The number of Topliss-reactive ketones (excluding diaryl/α,β-unsaturated/α-hetero) is 1. The first-order valence-corrected chi connectivity index (χ1v) is 6.67. The van der Waals surface area contributed by atoms with Crippen LogP contribution in [0.25, 0.3) is 6.08 Å². The smallest absolute Gasteiger partial charge is 0.338 e. The zero-order valence-corrected chi connectivity index (χ0v) is 12.4. The second kappa shape index (κ2) is 7.59. The number of aliphatic carboxylic acids is 1. The molecule has 21 heavy (non-hydrogen) atoms. The molecule has 0 radical (unpaired) electrons. The van der Waals surface area contributed by atoms with E-state index < -0.39 is 17.3 Å². The Morgan fingerprint density at radius 3 is 2.57 bits per heavy atom. The van der Waals surface area contributed by atoms with Gasteiger partial charge in [0.15, 0.2) is 5.78 Å². The lowest BCUT2D eigenvalue weighted by Crippen LogP contribution is -2.09. The van der Waals surface area contributed by atoms with E-state index in [2.05, 4.69) is 0 Å². The lowest BCUT2D eigenvalue weighted by Gasteiger charge is -2.12. The minimum atomic E-state index is -1.12. The van der Waals surface area contributed by atoms with Gasteiger partial charge in [0.25, 0.3) is 0 Å². The van der Waals surface area contributed by atoms with E-state index in [-0.39, 0.29) is 18.0 Å². The third-order valence-electron chi connectivity index (χ3n) is 2.63. The minimum Gasteiger partial charge on any atom is -0.478 e. The maximum absolute atomic E-state index is 11.7. The van der Waals surface area contributed by atoms with Gasteiger partial charge in [-0.1, -0.05) is 6.07 Å². The number of carboxylic acid groups (broad SMARTS) is 1. The summed E-state index contributed by atoms with van der Waals surface area (Å²) < 4.78 is 4.88. The molecule has 5 nitrogen and oxygen atoms in total. The fourth-order valence-electron chi connectivity index (χ4n) is 1.67. The van der Waals surface area contributed by atoms with Crippen LogP contribution in [0.4, 0.5) is 0 Å². The monoisotopic (exact) mass is 310 g/mol. The van der Waals surface area contributed by atoms with Gasteiger partial charge in [0.2, 0.25) is 0 Å². The topological polar surface area (TPSA) is 80.7 Å². The van der Waals surface area contributed by atoms with Crippen molar-refractivity contribution in [2.24, 2.45) is 0 Å². The van der Waals surface area contributed by atoms with Crippen molar-refractivity contribution in [3.63, 3.8) is 0 Å². The molecule has 0 aliphatic heterocycles. The molecule has 0 bridgehead atoms. The number of alkyl halides is 1. The van der Waals surface area contributed by atoms with E-state index in [0.29, 0.717) is 11.1 Å². The van der Waals surface area contributed by atoms with Crippen molar-refractivity contribution >= 4 is 35.4 Å². The van der Waals surface area contributed by atoms with Gasteiger partial charge >= 0.3 is 11.9 Å². The molecule has 112 valence electrons. The molecule has 1 atom stereocenters. The van der Waals surface area contributed by atoms with Crippen molar-refractivity contribution in [1.29, 1.82) is 0 Å². The van der Waals surface area contributed by atoms with Crippen LogP contribution in [0.5, 0.6) is 0 Å². The Morgan fingerprint density at radius 2 is 2.05 bits per heavy atom. The third-order valence-corrected chi connectivity index (χ3v) is 3.18. The van der Waals surface area contributed by atoms with E-state index >= 15 is 0 Å². The molecule has 0 aliphatic rings. The molecule has 0 aliphatic carbocycles. The Hall–Kier alpha value is -2.14. The van der Waals surface area contributed by atoms with Crippen molar-refractivity contribution in [2.45, 2.75) is 19.2 Å². The number of ether oxygens (including phenoxy) is 1. The summed E-state index contributed by atoms with van der Waals surface area (Å²) in [6.07, 6.45) is 2.26. The van der Waals surface area contributed by atoms with Crippen LogP contribution >= 0.6 is 11.6 Å². The third kappa shape index (κ3) is 4.72. The molecule has 1 unspecified atom stereocenters. The van der Waals surface area contributed by atoms with Gasteiger partial charge in [-0.25, -0.2) is 9.59 Å². The highest BCUT2D eigenvalue weighted by molar-refractivity contribution is 6.31. The molecule has 1 aromatic carbocycles. The second-order valence-electron chi connectivity index (χ2n) is 4.21. The van der Waals surface area contributed by atoms with Crippen LogP contribution in [-0.4, -0.2) is 29.4 Å². The highest BCUT2D eigenvalue weighted by atomic mass is 35.5. The first-order chi connectivity index (χ1) is 9.86.